The van der Waals surface area contributed by atoms with E-state index in [0.29, 0.717) is 12.5 Å². The molecular weight excluding hydrogens is 152 g/mol. The molecule has 0 saturated carbocycles. The lowest BCUT2D eigenvalue weighted by atomic mass is 10.2. The van der Waals surface area contributed by atoms with Crippen molar-refractivity contribution in [2.45, 2.75) is 32.7 Å². The molecule has 0 radical (unpaired) electrons. The number of hydrogen-bond donors (Lipinski definition) is 1. The number of nitrogens with one attached hydrogen (secondary N) is 1. The number of carbonyl (C=O) groups is 1. The van der Waals surface area contributed by atoms with Crippen LogP contribution < -0.4 is 5.32 Å². The van der Waals surface area contributed by atoms with Gasteiger partial charge in [-0.2, -0.15) is 0 Å². The van der Waals surface area contributed by atoms with Crippen LogP contribution in [0.2, 0.25) is 0 Å². The molecular formula is C9H20N2O. The van der Waals surface area contributed by atoms with Crippen LogP contribution in [0.3, 0.4) is 0 Å². The highest BCUT2D eigenvalue weighted by Crippen LogP contribution is 1.99. The van der Waals surface area contributed by atoms with Crippen molar-refractivity contribution in [2.75, 3.05) is 20.6 Å². The van der Waals surface area contributed by atoms with Crippen LogP contribution in [0.15, 0.2) is 0 Å². The molecule has 0 aromatic carbocycles. The van der Waals surface area contributed by atoms with E-state index in [0.717, 1.165) is 13.0 Å². The molecule has 0 spiro atoms. The van der Waals surface area contributed by atoms with Gasteiger partial charge in [-0.1, -0.05) is 0 Å². The zero-order chi connectivity index (χ0) is 9.56. The highest BCUT2D eigenvalue weighted by atomic mass is 16.2. The molecule has 1 amide bonds. The van der Waals surface area contributed by atoms with Crippen LogP contribution >= 0.6 is 0 Å². The summed E-state index contributed by atoms with van der Waals surface area (Å²) in [5.74, 6) is 0.236. The third-order valence-corrected chi connectivity index (χ3v) is 1.99. The van der Waals surface area contributed by atoms with Gasteiger partial charge in [-0.3, -0.25) is 4.79 Å². The summed E-state index contributed by atoms with van der Waals surface area (Å²) in [5, 5.41) is 3.02. The first-order valence-electron chi connectivity index (χ1n) is 4.49. The SMILES string of the molecule is CNCCCC(=O)N(C)C(C)C. The van der Waals surface area contributed by atoms with Crippen molar-refractivity contribution < 1.29 is 4.79 Å². The summed E-state index contributed by atoms with van der Waals surface area (Å²) in [5.41, 5.74) is 0. The van der Waals surface area contributed by atoms with Crippen LogP contribution in [-0.4, -0.2) is 37.5 Å². The molecule has 0 aliphatic heterocycles. The molecule has 0 aliphatic rings. The maximum Gasteiger partial charge on any atom is 0.222 e. The van der Waals surface area contributed by atoms with Crippen LogP contribution in [-0.2, 0) is 4.79 Å². The Kier molecular flexibility index (Phi) is 5.72. The molecule has 1 N–H and O–H groups in total. The fourth-order valence-electron chi connectivity index (χ4n) is 0.881. The van der Waals surface area contributed by atoms with Gasteiger partial charge < -0.3 is 10.2 Å². The van der Waals surface area contributed by atoms with Crippen molar-refractivity contribution >= 4 is 5.91 Å². The molecule has 3 heteroatoms. The molecule has 0 bridgehead atoms. The van der Waals surface area contributed by atoms with Crippen molar-refractivity contribution in [3.05, 3.63) is 0 Å². The van der Waals surface area contributed by atoms with Gasteiger partial charge in [0.15, 0.2) is 0 Å². The molecule has 0 aromatic rings. The number of hydrogen-bond acceptors (Lipinski definition) is 2. The van der Waals surface area contributed by atoms with Crippen LogP contribution in [0.4, 0.5) is 0 Å². The van der Waals surface area contributed by atoms with Gasteiger partial charge in [-0.15, -0.1) is 0 Å². The molecule has 12 heavy (non-hydrogen) atoms. The first-order valence-corrected chi connectivity index (χ1v) is 4.49. The summed E-state index contributed by atoms with van der Waals surface area (Å²) in [6.07, 6.45) is 1.57. The van der Waals surface area contributed by atoms with Gasteiger partial charge in [-0.05, 0) is 33.9 Å². The lowest BCUT2D eigenvalue weighted by Gasteiger charge is -2.21. The number of nitrogens with zero attached hydrogens (tertiary/aromatic N) is 1. The predicted octanol–water partition coefficient (Wildman–Crippen LogP) is 0.853. The molecule has 0 saturated heterocycles. The lowest BCUT2D eigenvalue weighted by Crippen LogP contribution is -2.33. The lowest BCUT2D eigenvalue weighted by molar-refractivity contribution is -0.131. The average molecular weight is 172 g/mol. The second-order valence-electron chi connectivity index (χ2n) is 3.31. The van der Waals surface area contributed by atoms with E-state index in [2.05, 4.69) is 5.32 Å². The van der Waals surface area contributed by atoms with E-state index in [9.17, 15) is 4.79 Å². The Balaban J connectivity index is 3.57. The number of rotatable bonds is 5. The van der Waals surface area contributed by atoms with Crippen molar-refractivity contribution in [2.24, 2.45) is 0 Å². The van der Waals surface area contributed by atoms with Gasteiger partial charge in [-0.25, -0.2) is 0 Å². The average Bonchev–Trinajstić information content (AvgIpc) is 2.03. The van der Waals surface area contributed by atoms with E-state index >= 15 is 0 Å². The van der Waals surface area contributed by atoms with Crippen LogP contribution in [0.5, 0.6) is 0 Å². The highest BCUT2D eigenvalue weighted by Gasteiger charge is 2.10. The Labute approximate surface area is 75.1 Å². The van der Waals surface area contributed by atoms with Gasteiger partial charge >= 0.3 is 0 Å². The maximum absolute atomic E-state index is 11.4. The number of carbonyl (C=O) groups excluding carboxylic acids is 1. The molecule has 0 aliphatic carbocycles. The van der Waals surface area contributed by atoms with Gasteiger partial charge in [0.05, 0.1) is 0 Å². The Morgan fingerprint density at radius 2 is 2.08 bits per heavy atom. The van der Waals surface area contributed by atoms with Crippen LogP contribution in [0, 0.1) is 0 Å². The summed E-state index contributed by atoms with van der Waals surface area (Å²) in [6.45, 7) is 4.96. The van der Waals surface area contributed by atoms with Gasteiger partial charge in [0.2, 0.25) is 5.91 Å². The van der Waals surface area contributed by atoms with Gasteiger partial charge in [0.1, 0.15) is 0 Å². The topological polar surface area (TPSA) is 32.3 Å². The molecule has 0 heterocycles. The van der Waals surface area contributed by atoms with Gasteiger partial charge in [0.25, 0.3) is 0 Å². The summed E-state index contributed by atoms with van der Waals surface area (Å²) in [4.78, 5) is 13.1. The molecule has 0 aromatic heterocycles. The third kappa shape index (κ3) is 4.34. The summed E-state index contributed by atoms with van der Waals surface area (Å²) >= 11 is 0. The van der Waals surface area contributed by atoms with E-state index in [1.807, 2.05) is 27.9 Å². The van der Waals surface area contributed by atoms with E-state index in [-0.39, 0.29) is 5.91 Å². The first kappa shape index (κ1) is 11.4. The summed E-state index contributed by atoms with van der Waals surface area (Å²) in [7, 11) is 3.75. The molecule has 72 valence electrons. The number of amides is 1. The molecule has 0 unspecified atom stereocenters. The molecule has 3 nitrogen and oxygen atoms in total. The Morgan fingerprint density at radius 1 is 1.50 bits per heavy atom. The normalized spacial score (nSPS) is 10.4. The predicted molar refractivity (Wildman–Crippen MR) is 51.1 cm³/mol. The van der Waals surface area contributed by atoms with Crippen LogP contribution in [0.1, 0.15) is 26.7 Å². The Morgan fingerprint density at radius 3 is 2.50 bits per heavy atom. The van der Waals surface area contributed by atoms with Crippen molar-refractivity contribution in [1.29, 1.82) is 0 Å². The van der Waals surface area contributed by atoms with Gasteiger partial charge in [0, 0.05) is 19.5 Å². The standard InChI is InChI=1S/C9H20N2O/c1-8(2)11(4)9(12)6-5-7-10-3/h8,10H,5-7H2,1-4H3. The monoisotopic (exact) mass is 172 g/mol. The summed E-state index contributed by atoms with van der Waals surface area (Å²) < 4.78 is 0. The third-order valence-electron chi connectivity index (χ3n) is 1.99. The minimum absolute atomic E-state index is 0.236. The first-order chi connectivity index (χ1) is 5.59. The highest BCUT2D eigenvalue weighted by molar-refractivity contribution is 5.76. The Bertz CT molecular complexity index is 134. The second-order valence-corrected chi connectivity index (χ2v) is 3.31. The maximum atomic E-state index is 11.4. The summed E-state index contributed by atoms with van der Waals surface area (Å²) in [6, 6.07) is 0.312. The minimum Gasteiger partial charge on any atom is -0.343 e. The molecule has 0 rings (SSSR count). The fraction of sp³-hybridized carbons (Fsp3) is 0.889. The molecule has 0 atom stereocenters. The zero-order valence-corrected chi connectivity index (χ0v) is 8.55. The fourth-order valence-corrected chi connectivity index (χ4v) is 0.881. The van der Waals surface area contributed by atoms with E-state index < -0.39 is 0 Å². The van der Waals surface area contributed by atoms with Crippen molar-refractivity contribution in [1.82, 2.24) is 10.2 Å². The van der Waals surface area contributed by atoms with E-state index in [1.165, 1.54) is 0 Å². The largest absolute Gasteiger partial charge is 0.343 e. The Hall–Kier alpha value is -0.570. The van der Waals surface area contributed by atoms with E-state index in [1.54, 1.807) is 4.90 Å². The quantitative estimate of drug-likeness (QED) is 0.624. The zero-order valence-electron chi connectivity index (χ0n) is 8.55. The smallest absolute Gasteiger partial charge is 0.222 e. The minimum atomic E-state index is 0.236. The van der Waals surface area contributed by atoms with E-state index in [4.69, 9.17) is 0 Å². The molecule has 0 fully saturated rings. The van der Waals surface area contributed by atoms with Crippen molar-refractivity contribution in [3.8, 4) is 0 Å². The second kappa shape index (κ2) is 6.00. The van der Waals surface area contributed by atoms with Crippen LogP contribution in [0.25, 0.3) is 0 Å². The van der Waals surface area contributed by atoms with Crippen molar-refractivity contribution in [3.63, 3.8) is 0 Å².